The van der Waals surface area contributed by atoms with Crippen molar-refractivity contribution in [2.24, 2.45) is 17.6 Å². The van der Waals surface area contributed by atoms with Crippen LogP contribution in [0.25, 0.3) is 0 Å². The van der Waals surface area contributed by atoms with Crippen LogP contribution in [0.3, 0.4) is 0 Å². The van der Waals surface area contributed by atoms with E-state index in [0.29, 0.717) is 16.7 Å². The van der Waals surface area contributed by atoms with Gasteiger partial charge in [-0.2, -0.15) is 0 Å². The second-order valence-corrected chi connectivity index (χ2v) is 20.6. The molecule has 10 atom stereocenters. The standard InChI is InChI=1S/C57H75N9O15/c1-30(2)24-42(60-50(73)41(58)25-34-10-8-7-9-11-34)52(75)62-44(27-36-14-20-39(70)21-15-36)53(76)61-43(26-35-12-18-38(69)19-13-35)51(74)59-29-46(72)64-48(32(5)67)56(79)66-49(33(6)68)55(78)63-45(28-37-16-22-40(71)23-17-37)54(77)65-47(31(3)4)57(80)81/h7-23,30-33,41-45,47-49,67-71H,24-29,58H2,1-6H3,(H,59,74)(H,60,73)(H,61,76)(H,62,75)(H,63,78)(H,64,72)(H,65,77)(H,66,79)(H,80,81)/t32-,33-,41+,42+,43+,44+,45+,47+,48+,49+/m1/s1. The Morgan fingerprint density at radius 2 is 0.778 bits per heavy atom. The Bertz CT molecular complexity index is 2760. The summed E-state index contributed by atoms with van der Waals surface area (Å²) in [5.41, 5.74) is 8.38. The Morgan fingerprint density at radius 3 is 1.20 bits per heavy atom. The summed E-state index contributed by atoms with van der Waals surface area (Å²) < 4.78 is 0. The van der Waals surface area contributed by atoms with Crippen LogP contribution in [0.4, 0.5) is 0 Å². The second kappa shape index (κ2) is 31.3. The van der Waals surface area contributed by atoms with Crippen molar-refractivity contribution in [3.8, 4) is 17.2 Å². The van der Waals surface area contributed by atoms with Crippen molar-refractivity contribution >= 4 is 53.2 Å². The quantitative estimate of drug-likeness (QED) is 0.0312. The Balaban J connectivity index is 1.52. The van der Waals surface area contributed by atoms with Crippen LogP contribution in [0.1, 0.15) is 70.2 Å². The first-order valence-electron chi connectivity index (χ1n) is 26.3. The fourth-order valence-electron chi connectivity index (χ4n) is 8.32. The highest BCUT2D eigenvalue weighted by Crippen LogP contribution is 2.17. The predicted molar refractivity (Wildman–Crippen MR) is 295 cm³/mol. The number of benzene rings is 4. The van der Waals surface area contributed by atoms with Gasteiger partial charge in [-0.25, -0.2) is 4.79 Å². The molecule has 0 aliphatic heterocycles. The number of nitrogens with one attached hydrogen (secondary N) is 8. The summed E-state index contributed by atoms with van der Waals surface area (Å²) in [6, 6.07) is 14.4. The van der Waals surface area contributed by atoms with Gasteiger partial charge in [0.1, 0.15) is 59.5 Å². The van der Waals surface area contributed by atoms with Gasteiger partial charge in [-0.1, -0.05) is 94.4 Å². The number of hydrogen-bond donors (Lipinski definition) is 15. The minimum atomic E-state index is -1.83. The van der Waals surface area contributed by atoms with E-state index in [0.717, 1.165) is 19.4 Å². The number of carboxylic acids is 1. The smallest absolute Gasteiger partial charge is 0.326 e. The molecule has 24 heteroatoms. The van der Waals surface area contributed by atoms with E-state index in [1.165, 1.54) is 72.8 Å². The van der Waals surface area contributed by atoms with Crippen molar-refractivity contribution in [1.29, 1.82) is 0 Å². The molecule has 0 spiro atoms. The maximum atomic E-state index is 14.4. The van der Waals surface area contributed by atoms with E-state index in [-0.39, 0.29) is 55.3 Å². The maximum Gasteiger partial charge on any atom is 0.326 e. The van der Waals surface area contributed by atoms with Gasteiger partial charge in [0.15, 0.2) is 0 Å². The molecule has 81 heavy (non-hydrogen) atoms. The zero-order valence-corrected chi connectivity index (χ0v) is 45.9. The van der Waals surface area contributed by atoms with Gasteiger partial charge in [0, 0.05) is 19.3 Å². The minimum Gasteiger partial charge on any atom is -0.508 e. The molecular weight excluding hydrogens is 1050 g/mol. The first-order valence-corrected chi connectivity index (χ1v) is 26.3. The van der Waals surface area contributed by atoms with Gasteiger partial charge >= 0.3 is 5.97 Å². The molecule has 0 heterocycles. The molecule has 4 rings (SSSR count). The molecular formula is C57H75N9O15. The highest BCUT2D eigenvalue weighted by Gasteiger charge is 2.36. The number of aliphatic hydroxyl groups excluding tert-OH is 2. The molecule has 0 fully saturated rings. The summed E-state index contributed by atoms with van der Waals surface area (Å²) in [6.45, 7) is 8.16. The van der Waals surface area contributed by atoms with E-state index in [4.69, 9.17) is 5.73 Å². The number of carbonyl (C=O) groups is 9. The maximum absolute atomic E-state index is 14.4. The highest BCUT2D eigenvalue weighted by molar-refractivity contribution is 5.98. The van der Waals surface area contributed by atoms with Crippen LogP contribution >= 0.6 is 0 Å². The van der Waals surface area contributed by atoms with Gasteiger partial charge in [-0.05, 0) is 97.2 Å². The van der Waals surface area contributed by atoms with Crippen LogP contribution in [-0.4, -0.2) is 151 Å². The number of phenolic OH excluding ortho intramolecular Hbond substituents is 3. The van der Waals surface area contributed by atoms with Crippen LogP contribution in [0.15, 0.2) is 103 Å². The number of amides is 8. The molecule has 0 saturated heterocycles. The molecule has 0 unspecified atom stereocenters. The van der Waals surface area contributed by atoms with Crippen LogP contribution in [-0.2, 0) is 68.8 Å². The minimum absolute atomic E-state index is 0.0754. The number of carbonyl (C=O) groups excluding carboxylic acids is 8. The summed E-state index contributed by atoms with van der Waals surface area (Å²) in [6.07, 6.45) is -3.65. The predicted octanol–water partition coefficient (Wildman–Crippen LogP) is -0.541. The number of aliphatic carboxylic acids is 1. The molecule has 0 saturated carbocycles. The monoisotopic (exact) mass is 1130 g/mol. The summed E-state index contributed by atoms with van der Waals surface area (Å²) in [5.74, 6) is -9.81. The molecule has 8 amide bonds. The average molecular weight is 1130 g/mol. The molecule has 24 nitrogen and oxygen atoms in total. The number of nitrogens with two attached hydrogens (primary N) is 1. The van der Waals surface area contributed by atoms with Crippen molar-refractivity contribution < 1.29 is 73.8 Å². The summed E-state index contributed by atoms with van der Waals surface area (Å²) in [5, 5.41) is 80.7. The van der Waals surface area contributed by atoms with Gasteiger partial charge < -0.3 is 78.9 Å². The van der Waals surface area contributed by atoms with Gasteiger partial charge in [0.2, 0.25) is 47.3 Å². The Hall–Kier alpha value is -8.61. The number of aliphatic hydroxyl groups is 2. The number of carboxylic acid groups (broad SMARTS) is 1. The lowest BCUT2D eigenvalue weighted by Gasteiger charge is -2.28. The SMILES string of the molecule is CC(C)C[C@H](NC(=O)[C@@H](N)Cc1ccccc1)C(=O)N[C@@H](Cc1ccc(O)cc1)C(=O)N[C@@H](Cc1ccc(O)cc1)C(=O)NCC(=O)N[C@H](C(=O)N[C@H](C(=O)N[C@@H](Cc1ccc(O)cc1)C(=O)N[C@H](C(=O)O)C(C)C)[C@@H](C)O)[C@@H](C)O. The molecule has 0 aliphatic carbocycles. The third-order valence-corrected chi connectivity index (χ3v) is 12.8. The van der Waals surface area contributed by atoms with Crippen LogP contribution in [0, 0.1) is 11.8 Å². The molecule has 0 aromatic heterocycles. The summed E-state index contributed by atoms with van der Waals surface area (Å²) >= 11 is 0. The fourth-order valence-corrected chi connectivity index (χ4v) is 8.32. The third-order valence-electron chi connectivity index (χ3n) is 12.8. The van der Waals surface area contributed by atoms with Gasteiger partial charge in [-0.15, -0.1) is 0 Å². The van der Waals surface area contributed by atoms with E-state index in [1.807, 2.05) is 19.9 Å². The lowest BCUT2D eigenvalue weighted by molar-refractivity contribution is -0.143. The fraction of sp³-hybridized carbons (Fsp3) is 0.421. The summed E-state index contributed by atoms with van der Waals surface area (Å²) in [7, 11) is 0. The number of hydrogen-bond acceptors (Lipinski definition) is 15. The second-order valence-electron chi connectivity index (χ2n) is 20.6. The zero-order chi connectivity index (χ0) is 60.1. The first-order chi connectivity index (χ1) is 38.2. The van der Waals surface area contributed by atoms with Gasteiger partial charge in [0.25, 0.3) is 0 Å². The Labute approximate surface area is 469 Å². The van der Waals surface area contributed by atoms with Crippen LogP contribution in [0.5, 0.6) is 17.2 Å². The first kappa shape index (κ1) is 64.9. The molecule has 0 aliphatic rings. The van der Waals surface area contributed by atoms with E-state index >= 15 is 0 Å². The Kier molecular flexibility index (Phi) is 25.0. The highest BCUT2D eigenvalue weighted by atomic mass is 16.4. The van der Waals surface area contributed by atoms with E-state index in [2.05, 4.69) is 42.5 Å². The topological polar surface area (TPSA) is 397 Å². The Morgan fingerprint density at radius 1 is 0.420 bits per heavy atom. The van der Waals surface area contributed by atoms with Crippen molar-refractivity contribution in [1.82, 2.24) is 42.5 Å². The van der Waals surface area contributed by atoms with Crippen LogP contribution in [0.2, 0.25) is 0 Å². The summed E-state index contributed by atoms with van der Waals surface area (Å²) in [4.78, 5) is 123. The lowest BCUT2D eigenvalue weighted by Crippen LogP contribution is -2.62. The zero-order valence-electron chi connectivity index (χ0n) is 45.9. The molecule has 438 valence electrons. The average Bonchev–Trinajstić information content (AvgIpc) is 3.42. The number of rotatable bonds is 30. The van der Waals surface area contributed by atoms with Crippen molar-refractivity contribution in [3.05, 3.63) is 125 Å². The van der Waals surface area contributed by atoms with Crippen molar-refractivity contribution in [2.75, 3.05) is 6.54 Å². The van der Waals surface area contributed by atoms with Crippen LogP contribution < -0.4 is 48.3 Å². The molecule has 4 aromatic rings. The molecule has 0 radical (unpaired) electrons. The third kappa shape index (κ3) is 21.5. The lowest BCUT2D eigenvalue weighted by atomic mass is 9.99. The van der Waals surface area contributed by atoms with Crippen molar-refractivity contribution in [2.45, 2.75) is 134 Å². The normalized spacial score (nSPS) is 14.9. The van der Waals surface area contributed by atoms with E-state index in [9.17, 15) is 73.8 Å². The van der Waals surface area contributed by atoms with Gasteiger partial charge in [-0.3, -0.25) is 38.4 Å². The largest absolute Gasteiger partial charge is 0.508 e. The van der Waals surface area contributed by atoms with Crippen molar-refractivity contribution in [3.63, 3.8) is 0 Å². The van der Waals surface area contributed by atoms with E-state index in [1.54, 1.807) is 38.1 Å². The number of aromatic hydroxyl groups is 3. The van der Waals surface area contributed by atoms with Gasteiger partial charge in [0.05, 0.1) is 24.8 Å². The molecule has 0 bridgehead atoms. The number of phenols is 3. The molecule has 16 N–H and O–H groups in total. The molecule has 4 aromatic carbocycles. The van der Waals surface area contributed by atoms with E-state index < -0.39 is 126 Å².